The molecule has 6 heteroatoms. The predicted molar refractivity (Wildman–Crippen MR) is 125 cm³/mol. The van der Waals surface area contributed by atoms with Gasteiger partial charge in [-0.25, -0.2) is 4.79 Å². The van der Waals surface area contributed by atoms with Gasteiger partial charge in [-0.1, -0.05) is 65.0 Å². The lowest BCUT2D eigenvalue weighted by Crippen LogP contribution is -2.35. The highest BCUT2D eigenvalue weighted by Crippen LogP contribution is 2.22. The number of amides is 2. The van der Waals surface area contributed by atoms with E-state index in [4.69, 9.17) is 10.00 Å². The summed E-state index contributed by atoms with van der Waals surface area (Å²) in [5.41, 5.74) is 0.936. The van der Waals surface area contributed by atoms with Gasteiger partial charge in [0.2, 0.25) is 5.91 Å². The number of hydrogen-bond acceptors (Lipinski definition) is 4. The van der Waals surface area contributed by atoms with Gasteiger partial charge in [0, 0.05) is 19.5 Å². The van der Waals surface area contributed by atoms with Crippen molar-refractivity contribution in [3.05, 3.63) is 35.4 Å². The van der Waals surface area contributed by atoms with Gasteiger partial charge in [0.05, 0.1) is 11.6 Å². The van der Waals surface area contributed by atoms with Gasteiger partial charge >= 0.3 is 6.09 Å². The molecule has 6 nitrogen and oxygen atoms in total. The number of hydrogen-bond donors (Lipinski definition) is 2. The van der Waals surface area contributed by atoms with E-state index in [0.717, 1.165) is 11.5 Å². The Labute approximate surface area is 188 Å². The Balaban J connectivity index is 0.000000831. The number of carbonyl (C=O) groups excluding carboxylic acids is 2. The molecule has 0 spiro atoms. The number of alkyl carbamates (subject to hydrolysis) is 1. The molecule has 174 valence electrons. The quantitative estimate of drug-likeness (QED) is 0.625. The van der Waals surface area contributed by atoms with Crippen molar-refractivity contribution in [2.24, 2.45) is 5.92 Å². The van der Waals surface area contributed by atoms with E-state index in [9.17, 15) is 9.59 Å². The molecule has 0 saturated heterocycles. The molecule has 1 aliphatic rings. The normalized spacial score (nSPS) is 13.3. The van der Waals surface area contributed by atoms with Gasteiger partial charge in [0.1, 0.15) is 5.60 Å². The van der Waals surface area contributed by atoms with Gasteiger partial charge in [0.25, 0.3) is 0 Å². The second-order valence-electron chi connectivity index (χ2n) is 8.51. The molecular formula is C25H41N3O3. The maximum Gasteiger partial charge on any atom is 0.407 e. The van der Waals surface area contributed by atoms with E-state index < -0.39 is 11.7 Å². The minimum atomic E-state index is -0.554. The minimum Gasteiger partial charge on any atom is -0.444 e. The number of ether oxygens (including phenoxy) is 1. The SMILES string of the molecule is CC.CC(C)(C)OC(=O)NCCC(=O)NCc1ccc(C#N)cc1.CC1CCCCC1. The van der Waals surface area contributed by atoms with Crippen molar-refractivity contribution >= 4 is 12.0 Å². The van der Waals surface area contributed by atoms with E-state index in [-0.39, 0.29) is 18.9 Å². The summed E-state index contributed by atoms with van der Waals surface area (Å²) in [6.07, 6.45) is 7.08. The average molecular weight is 432 g/mol. The van der Waals surface area contributed by atoms with Crippen LogP contribution in [0, 0.1) is 17.2 Å². The molecule has 0 unspecified atom stereocenters. The second kappa shape index (κ2) is 16.2. The van der Waals surface area contributed by atoms with Gasteiger partial charge in [0.15, 0.2) is 0 Å². The van der Waals surface area contributed by atoms with Crippen molar-refractivity contribution in [3.8, 4) is 6.07 Å². The van der Waals surface area contributed by atoms with Crippen molar-refractivity contribution in [3.63, 3.8) is 0 Å². The zero-order chi connectivity index (χ0) is 23.7. The number of nitrogens with one attached hydrogen (secondary N) is 2. The summed E-state index contributed by atoms with van der Waals surface area (Å²) in [4.78, 5) is 23.0. The largest absolute Gasteiger partial charge is 0.444 e. The van der Waals surface area contributed by atoms with Gasteiger partial charge in [-0.2, -0.15) is 5.26 Å². The van der Waals surface area contributed by atoms with E-state index >= 15 is 0 Å². The first-order valence-corrected chi connectivity index (χ1v) is 11.4. The number of nitrogens with zero attached hydrogens (tertiary/aromatic N) is 1. The molecule has 0 heterocycles. The van der Waals surface area contributed by atoms with Crippen LogP contribution in [0.5, 0.6) is 0 Å². The number of carbonyl (C=O) groups is 2. The third kappa shape index (κ3) is 15.9. The van der Waals surface area contributed by atoms with Gasteiger partial charge in [-0.15, -0.1) is 0 Å². The molecule has 1 fully saturated rings. The fourth-order valence-corrected chi connectivity index (χ4v) is 2.89. The van der Waals surface area contributed by atoms with E-state index in [2.05, 4.69) is 17.6 Å². The summed E-state index contributed by atoms with van der Waals surface area (Å²) in [5.74, 6) is 0.870. The number of benzene rings is 1. The highest BCUT2D eigenvalue weighted by atomic mass is 16.6. The molecule has 2 N–H and O–H groups in total. The number of rotatable bonds is 5. The molecule has 1 aliphatic carbocycles. The first-order chi connectivity index (χ1) is 14.7. The van der Waals surface area contributed by atoms with Crippen LogP contribution in [0.15, 0.2) is 24.3 Å². The Morgan fingerprint density at radius 3 is 2.10 bits per heavy atom. The highest BCUT2D eigenvalue weighted by Gasteiger charge is 2.15. The van der Waals surface area contributed by atoms with Crippen LogP contribution in [0.2, 0.25) is 0 Å². The maximum atomic E-state index is 11.7. The highest BCUT2D eigenvalue weighted by molar-refractivity contribution is 5.77. The van der Waals surface area contributed by atoms with Gasteiger partial charge in [-0.3, -0.25) is 4.79 Å². The summed E-state index contributed by atoms with van der Waals surface area (Å²) in [6.45, 7) is 12.3. The van der Waals surface area contributed by atoms with Crippen LogP contribution in [0.4, 0.5) is 4.79 Å². The molecule has 0 aliphatic heterocycles. The molecule has 0 aromatic heterocycles. The standard InChI is InChI=1S/C16H21N3O3.C7H14.C2H6/c1-16(2,3)22-15(21)18-9-8-14(20)19-11-13-6-4-12(10-17)5-7-13;1-7-5-3-2-4-6-7;1-2/h4-7H,8-9,11H2,1-3H3,(H,18,21)(H,19,20);7H,2-6H2,1H3;1-2H3. The van der Waals surface area contributed by atoms with E-state index in [1.165, 1.54) is 32.1 Å². The van der Waals surface area contributed by atoms with Crippen LogP contribution < -0.4 is 10.6 Å². The lowest BCUT2D eigenvalue weighted by atomic mass is 9.91. The zero-order valence-electron chi connectivity index (χ0n) is 20.2. The van der Waals surface area contributed by atoms with Crippen LogP contribution >= 0.6 is 0 Å². The maximum absolute atomic E-state index is 11.7. The summed E-state index contributed by atoms with van der Waals surface area (Å²) < 4.78 is 5.06. The van der Waals surface area contributed by atoms with Crippen molar-refractivity contribution in [1.82, 2.24) is 10.6 Å². The third-order valence-electron chi connectivity index (χ3n) is 4.49. The molecule has 0 radical (unpaired) electrons. The summed E-state index contributed by atoms with van der Waals surface area (Å²) in [7, 11) is 0. The Hall–Kier alpha value is -2.55. The van der Waals surface area contributed by atoms with Crippen molar-refractivity contribution in [2.75, 3.05) is 6.54 Å². The Morgan fingerprint density at radius 2 is 1.65 bits per heavy atom. The second-order valence-corrected chi connectivity index (χ2v) is 8.51. The smallest absolute Gasteiger partial charge is 0.407 e. The predicted octanol–water partition coefficient (Wildman–Crippen LogP) is 5.70. The van der Waals surface area contributed by atoms with Gasteiger partial charge < -0.3 is 15.4 Å². The summed E-state index contributed by atoms with van der Waals surface area (Å²) in [6, 6.07) is 9.01. The Kier molecular flexibility index (Phi) is 14.9. The third-order valence-corrected chi connectivity index (χ3v) is 4.49. The van der Waals surface area contributed by atoms with E-state index in [0.29, 0.717) is 12.1 Å². The van der Waals surface area contributed by atoms with Crippen molar-refractivity contribution in [1.29, 1.82) is 5.26 Å². The molecule has 0 atom stereocenters. The monoisotopic (exact) mass is 431 g/mol. The van der Waals surface area contributed by atoms with Crippen LogP contribution in [0.25, 0.3) is 0 Å². The molecule has 2 rings (SSSR count). The Morgan fingerprint density at radius 1 is 1.06 bits per heavy atom. The van der Waals surface area contributed by atoms with Crippen LogP contribution in [-0.4, -0.2) is 24.1 Å². The molecule has 31 heavy (non-hydrogen) atoms. The molecule has 1 aromatic carbocycles. The number of nitriles is 1. The van der Waals surface area contributed by atoms with Crippen LogP contribution in [0.3, 0.4) is 0 Å². The molecule has 0 bridgehead atoms. The lowest BCUT2D eigenvalue weighted by molar-refractivity contribution is -0.121. The van der Waals surface area contributed by atoms with Crippen molar-refractivity contribution in [2.45, 2.75) is 92.2 Å². The molecule has 1 aromatic rings. The fraction of sp³-hybridized carbons (Fsp3) is 0.640. The first-order valence-electron chi connectivity index (χ1n) is 11.4. The van der Waals surface area contributed by atoms with E-state index in [1.807, 2.05) is 19.9 Å². The zero-order valence-corrected chi connectivity index (χ0v) is 20.2. The van der Waals surface area contributed by atoms with Crippen LogP contribution in [0.1, 0.15) is 91.2 Å². The average Bonchev–Trinajstić information content (AvgIpc) is 2.74. The minimum absolute atomic E-state index is 0.166. The lowest BCUT2D eigenvalue weighted by Gasteiger charge is -2.19. The fourth-order valence-electron chi connectivity index (χ4n) is 2.89. The topological polar surface area (TPSA) is 91.2 Å². The van der Waals surface area contributed by atoms with Gasteiger partial charge in [-0.05, 0) is 44.4 Å². The summed E-state index contributed by atoms with van der Waals surface area (Å²) in [5, 5.41) is 14.0. The first kappa shape index (κ1) is 28.5. The van der Waals surface area contributed by atoms with E-state index in [1.54, 1.807) is 45.0 Å². The Bertz CT molecular complexity index is 667. The van der Waals surface area contributed by atoms with Crippen molar-refractivity contribution < 1.29 is 14.3 Å². The summed E-state index contributed by atoms with van der Waals surface area (Å²) >= 11 is 0. The molecule has 2 amide bonds. The van der Waals surface area contributed by atoms with Crippen LogP contribution in [-0.2, 0) is 16.1 Å². The molecular weight excluding hydrogens is 390 g/mol. The molecule has 1 saturated carbocycles.